The highest BCUT2D eigenvalue weighted by Crippen LogP contribution is 2.17. The molecule has 2 aromatic heterocycles. The van der Waals surface area contributed by atoms with E-state index in [0.29, 0.717) is 15.9 Å². The van der Waals surface area contributed by atoms with E-state index in [1.165, 1.54) is 15.9 Å². The van der Waals surface area contributed by atoms with Gasteiger partial charge in [-0.15, -0.1) is 11.3 Å². The quantitative estimate of drug-likeness (QED) is 0.749. The van der Waals surface area contributed by atoms with Crippen LogP contribution in [0, 0.1) is 6.92 Å². The molecule has 1 atom stereocenters. The van der Waals surface area contributed by atoms with E-state index in [2.05, 4.69) is 5.32 Å². The number of amides is 1. The molecule has 0 aliphatic rings. The number of benzene rings is 1. The summed E-state index contributed by atoms with van der Waals surface area (Å²) in [5.41, 5.74) is 0.989. The molecule has 0 saturated carbocycles. The van der Waals surface area contributed by atoms with Gasteiger partial charge in [0.1, 0.15) is 11.2 Å². The third-order valence-electron chi connectivity index (χ3n) is 4.43. The summed E-state index contributed by atoms with van der Waals surface area (Å²) in [4.78, 5) is 38.3. The normalized spacial score (nSPS) is 12.3. The molecule has 3 rings (SSSR count). The summed E-state index contributed by atoms with van der Waals surface area (Å²) in [6.45, 7) is 5.62. The van der Waals surface area contributed by atoms with Crippen LogP contribution in [0.4, 0.5) is 0 Å². The molecule has 0 aliphatic carbocycles. The molecule has 2 heterocycles. The largest absolute Gasteiger partial charge is 0.352 e. The zero-order valence-corrected chi connectivity index (χ0v) is 15.8. The summed E-state index contributed by atoms with van der Waals surface area (Å²) >= 11 is 1.27. The first-order valence-electron chi connectivity index (χ1n) is 8.52. The van der Waals surface area contributed by atoms with Crippen molar-refractivity contribution in [1.82, 2.24) is 14.5 Å². The molecule has 0 radical (unpaired) electrons. The van der Waals surface area contributed by atoms with Crippen molar-refractivity contribution in [2.24, 2.45) is 0 Å². The van der Waals surface area contributed by atoms with Crippen LogP contribution in [-0.4, -0.2) is 21.1 Å². The minimum Gasteiger partial charge on any atom is -0.352 e. The minimum absolute atomic E-state index is 0.0263. The molecule has 136 valence electrons. The topological polar surface area (TPSA) is 73.1 Å². The Labute approximate surface area is 154 Å². The van der Waals surface area contributed by atoms with Crippen molar-refractivity contribution in [3.63, 3.8) is 0 Å². The van der Waals surface area contributed by atoms with Crippen LogP contribution in [0.15, 0.2) is 45.3 Å². The number of nitrogens with one attached hydrogen (secondary N) is 1. The lowest BCUT2D eigenvalue weighted by Crippen LogP contribution is -2.43. The Kier molecular flexibility index (Phi) is 5.08. The Balaban J connectivity index is 2.20. The van der Waals surface area contributed by atoms with Gasteiger partial charge in [0.2, 0.25) is 5.91 Å². The van der Waals surface area contributed by atoms with Gasteiger partial charge in [-0.25, -0.2) is 9.36 Å². The monoisotopic (exact) mass is 371 g/mol. The van der Waals surface area contributed by atoms with Gasteiger partial charge >= 0.3 is 5.69 Å². The molecule has 0 spiro atoms. The number of hydrogen-bond donors (Lipinski definition) is 1. The molecule has 3 aromatic rings. The smallest absolute Gasteiger partial charge is 0.336 e. The fraction of sp³-hybridized carbons (Fsp3) is 0.316. The molecule has 0 bridgehead atoms. The number of carbonyl (C=O) groups is 1. The molecule has 0 saturated heterocycles. The second-order valence-corrected chi connectivity index (χ2v) is 7.22. The van der Waals surface area contributed by atoms with Crippen molar-refractivity contribution in [3.05, 3.63) is 62.1 Å². The molecule has 1 amide bonds. The number of para-hydroxylation sites is 1. The van der Waals surface area contributed by atoms with Gasteiger partial charge in [-0.2, -0.15) is 0 Å². The predicted octanol–water partition coefficient (Wildman–Crippen LogP) is 2.44. The molecule has 0 aliphatic heterocycles. The highest BCUT2D eigenvalue weighted by atomic mass is 32.1. The first-order valence-corrected chi connectivity index (χ1v) is 9.40. The maximum absolute atomic E-state index is 13.1. The molecule has 7 heteroatoms. The van der Waals surface area contributed by atoms with Gasteiger partial charge in [-0.05, 0) is 43.3 Å². The third kappa shape index (κ3) is 3.22. The lowest BCUT2D eigenvalue weighted by Gasteiger charge is -2.15. The van der Waals surface area contributed by atoms with Crippen LogP contribution in [0.2, 0.25) is 0 Å². The number of aryl methyl sites for hydroxylation is 1. The maximum Gasteiger partial charge on any atom is 0.336 e. The fourth-order valence-electron chi connectivity index (χ4n) is 2.83. The maximum atomic E-state index is 13.1. The van der Waals surface area contributed by atoms with Crippen molar-refractivity contribution in [3.8, 4) is 5.69 Å². The Hall–Kier alpha value is -2.67. The summed E-state index contributed by atoms with van der Waals surface area (Å²) in [6, 6.07) is 8.96. The van der Waals surface area contributed by atoms with Gasteiger partial charge < -0.3 is 5.32 Å². The van der Waals surface area contributed by atoms with Crippen LogP contribution in [0.1, 0.15) is 25.8 Å². The van der Waals surface area contributed by atoms with E-state index in [9.17, 15) is 14.4 Å². The molecular weight excluding hydrogens is 350 g/mol. The standard InChI is InChI=1S/C19H21N3O3S/c1-4-13(3)20-16(23)11-21-15-9-10-26-17(15)18(24)22(19(21)25)14-8-6-5-7-12(14)2/h5-10,13H,4,11H2,1-3H3,(H,20,23). The van der Waals surface area contributed by atoms with E-state index in [-0.39, 0.29) is 24.1 Å². The van der Waals surface area contributed by atoms with Crippen molar-refractivity contribution in [1.29, 1.82) is 0 Å². The molecule has 1 aromatic carbocycles. The first-order chi connectivity index (χ1) is 12.4. The number of hydrogen-bond acceptors (Lipinski definition) is 4. The van der Waals surface area contributed by atoms with E-state index in [0.717, 1.165) is 16.6 Å². The van der Waals surface area contributed by atoms with Crippen LogP contribution >= 0.6 is 11.3 Å². The number of rotatable bonds is 5. The second kappa shape index (κ2) is 7.29. The zero-order valence-electron chi connectivity index (χ0n) is 15.0. The first kappa shape index (κ1) is 18.1. The molecule has 0 fully saturated rings. The number of nitrogens with zero attached hydrogens (tertiary/aromatic N) is 2. The van der Waals surface area contributed by atoms with E-state index in [1.807, 2.05) is 32.9 Å². The van der Waals surface area contributed by atoms with E-state index >= 15 is 0 Å². The Bertz CT molecular complexity index is 1080. The van der Waals surface area contributed by atoms with E-state index in [4.69, 9.17) is 0 Å². The summed E-state index contributed by atoms with van der Waals surface area (Å²) in [5.74, 6) is -0.246. The fourth-order valence-corrected chi connectivity index (χ4v) is 3.66. The summed E-state index contributed by atoms with van der Waals surface area (Å²) < 4.78 is 2.99. The van der Waals surface area contributed by atoms with Crippen molar-refractivity contribution in [2.75, 3.05) is 0 Å². The molecular formula is C19H21N3O3S. The average molecular weight is 371 g/mol. The molecule has 26 heavy (non-hydrogen) atoms. The van der Waals surface area contributed by atoms with Crippen LogP contribution in [0.25, 0.3) is 15.9 Å². The van der Waals surface area contributed by atoms with Gasteiger partial charge in [0.25, 0.3) is 5.56 Å². The van der Waals surface area contributed by atoms with Crippen molar-refractivity contribution in [2.45, 2.75) is 39.8 Å². The summed E-state index contributed by atoms with van der Waals surface area (Å²) in [7, 11) is 0. The highest BCUT2D eigenvalue weighted by Gasteiger charge is 2.18. The summed E-state index contributed by atoms with van der Waals surface area (Å²) in [5, 5.41) is 4.63. The third-order valence-corrected chi connectivity index (χ3v) is 5.32. The number of fused-ring (bicyclic) bond motifs is 1. The highest BCUT2D eigenvalue weighted by molar-refractivity contribution is 7.17. The molecule has 6 nitrogen and oxygen atoms in total. The van der Waals surface area contributed by atoms with Crippen LogP contribution in [0.5, 0.6) is 0 Å². The van der Waals surface area contributed by atoms with Crippen LogP contribution in [0.3, 0.4) is 0 Å². The lowest BCUT2D eigenvalue weighted by atomic mass is 10.2. The average Bonchev–Trinajstić information content (AvgIpc) is 3.10. The molecule has 1 unspecified atom stereocenters. The van der Waals surface area contributed by atoms with E-state index < -0.39 is 5.69 Å². The lowest BCUT2D eigenvalue weighted by molar-refractivity contribution is -0.122. The second-order valence-electron chi connectivity index (χ2n) is 6.31. The zero-order chi connectivity index (χ0) is 18.8. The number of carbonyl (C=O) groups excluding carboxylic acids is 1. The predicted molar refractivity (Wildman–Crippen MR) is 104 cm³/mol. The molecule has 1 N–H and O–H groups in total. The van der Waals surface area contributed by atoms with Gasteiger partial charge in [-0.3, -0.25) is 14.2 Å². The summed E-state index contributed by atoms with van der Waals surface area (Å²) in [6.07, 6.45) is 0.803. The minimum atomic E-state index is -0.505. The van der Waals surface area contributed by atoms with Crippen molar-refractivity contribution >= 4 is 27.5 Å². The van der Waals surface area contributed by atoms with Gasteiger partial charge in [0.15, 0.2) is 0 Å². The van der Waals surface area contributed by atoms with Crippen LogP contribution in [-0.2, 0) is 11.3 Å². The van der Waals surface area contributed by atoms with Gasteiger partial charge in [-0.1, -0.05) is 25.1 Å². The number of thiophene rings is 1. The van der Waals surface area contributed by atoms with Gasteiger partial charge in [0.05, 0.1) is 11.2 Å². The van der Waals surface area contributed by atoms with Crippen LogP contribution < -0.4 is 16.6 Å². The Morgan fingerprint density at radius 3 is 2.65 bits per heavy atom. The Morgan fingerprint density at radius 2 is 1.96 bits per heavy atom. The Morgan fingerprint density at radius 1 is 1.23 bits per heavy atom. The number of aromatic nitrogens is 2. The van der Waals surface area contributed by atoms with Crippen molar-refractivity contribution < 1.29 is 4.79 Å². The SMILES string of the molecule is CCC(C)NC(=O)Cn1c(=O)n(-c2ccccc2C)c(=O)c2sccc21. The van der Waals surface area contributed by atoms with E-state index in [1.54, 1.807) is 23.6 Å². The van der Waals surface area contributed by atoms with Gasteiger partial charge in [0, 0.05) is 6.04 Å².